The molecule has 2 heterocycles. The van der Waals surface area contributed by atoms with Crippen molar-refractivity contribution in [2.45, 2.75) is 6.54 Å². The van der Waals surface area contributed by atoms with Crippen LogP contribution in [0.2, 0.25) is 5.02 Å². The lowest BCUT2D eigenvalue weighted by Crippen LogP contribution is -2.06. The van der Waals surface area contributed by atoms with Crippen molar-refractivity contribution in [1.82, 2.24) is 19.3 Å². The molecule has 0 atom stereocenters. The Morgan fingerprint density at radius 2 is 1.88 bits per heavy atom. The largest absolute Gasteiger partial charge is 0.339 e. The molecule has 0 bridgehead atoms. The first kappa shape index (κ1) is 16.3. The number of non-ortho nitro benzene ring substituents is 1. The molecular formula is C18H14ClN5O2. The number of para-hydroxylation sites is 1. The van der Waals surface area contributed by atoms with Gasteiger partial charge < -0.3 is 9.13 Å². The topological polar surface area (TPSA) is 78.8 Å². The smallest absolute Gasteiger partial charge is 0.269 e. The van der Waals surface area contributed by atoms with Gasteiger partial charge in [-0.2, -0.15) is 0 Å². The van der Waals surface area contributed by atoms with E-state index < -0.39 is 4.92 Å². The summed E-state index contributed by atoms with van der Waals surface area (Å²) in [5, 5.41) is 21.1. The third-order valence-corrected chi connectivity index (χ3v) is 4.66. The SMILES string of the molecule is Cn1c(Cn2ccc3cccc(Cl)c32)nnc1-c1ccc([N+](=O)[O-])cc1. The Labute approximate surface area is 153 Å². The number of aromatic nitrogens is 4. The Morgan fingerprint density at radius 1 is 1.12 bits per heavy atom. The Kier molecular flexibility index (Phi) is 3.93. The van der Waals surface area contributed by atoms with Crippen LogP contribution in [-0.4, -0.2) is 24.3 Å². The predicted octanol–water partition coefficient (Wildman–Crippen LogP) is 4.05. The van der Waals surface area contributed by atoms with Gasteiger partial charge in [0, 0.05) is 36.3 Å². The van der Waals surface area contributed by atoms with Gasteiger partial charge in [0.2, 0.25) is 0 Å². The maximum Gasteiger partial charge on any atom is 0.269 e. The van der Waals surface area contributed by atoms with E-state index in [0.717, 1.165) is 22.3 Å². The molecule has 8 heteroatoms. The Morgan fingerprint density at radius 3 is 2.62 bits per heavy atom. The molecule has 130 valence electrons. The number of fused-ring (bicyclic) bond motifs is 1. The van der Waals surface area contributed by atoms with E-state index in [2.05, 4.69) is 10.2 Å². The van der Waals surface area contributed by atoms with Crippen LogP contribution in [0.5, 0.6) is 0 Å². The Balaban J connectivity index is 1.68. The molecule has 7 nitrogen and oxygen atoms in total. The predicted molar refractivity (Wildman–Crippen MR) is 99.1 cm³/mol. The number of nitro groups is 1. The van der Waals surface area contributed by atoms with E-state index in [9.17, 15) is 10.1 Å². The lowest BCUT2D eigenvalue weighted by Gasteiger charge is -2.07. The van der Waals surface area contributed by atoms with Crippen LogP contribution in [0.3, 0.4) is 0 Å². The molecule has 26 heavy (non-hydrogen) atoms. The molecular weight excluding hydrogens is 354 g/mol. The molecule has 0 amide bonds. The zero-order chi connectivity index (χ0) is 18.3. The molecule has 0 aliphatic heterocycles. The minimum atomic E-state index is -0.424. The van der Waals surface area contributed by atoms with Crippen LogP contribution >= 0.6 is 11.6 Å². The summed E-state index contributed by atoms with van der Waals surface area (Å²) in [7, 11) is 1.87. The number of rotatable bonds is 4. The second kappa shape index (κ2) is 6.27. The normalized spacial score (nSPS) is 11.2. The van der Waals surface area contributed by atoms with E-state index in [0.29, 0.717) is 17.4 Å². The molecule has 0 aliphatic carbocycles. The van der Waals surface area contributed by atoms with Gasteiger partial charge in [0.15, 0.2) is 11.6 Å². The Bertz CT molecular complexity index is 1110. The third-order valence-electron chi connectivity index (χ3n) is 4.35. The van der Waals surface area contributed by atoms with Crippen molar-refractivity contribution in [2.75, 3.05) is 0 Å². The highest BCUT2D eigenvalue weighted by atomic mass is 35.5. The number of hydrogen-bond donors (Lipinski definition) is 0. The molecule has 4 rings (SSSR count). The van der Waals surface area contributed by atoms with Crippen LogP contribution in [0.1, 0.15) is 5.82 Å². The second-order valence-electron chi connectivity index (χ2n) is 5.92. The van der Waals surface area contributed by atoms with Gasteiger partial charge in [-0.25, -0.2) is 0 Å². The Hall–Kier alpha value is -3.19. The molecule has 0 N–H and O–H groups in total. The average Bonchev–Trinajstić information content (AvgIpc) is 3.21. The first-order valence-electron chi connectivity index (χ1n) is 7.91. The van der Waals surface area contributed by atoms with Crippen molar-refractivity contribution in [1.29, 1.82) is 0 Å². The highest BCUT2D eigenvalue weighted by Crippen LogP contribution is 2.26. The summed E-state index contributed by atoms with van der Waals surface area (Å²) in [5.41, 5.74) is 1.77. The zero-order valence-electron chi connectivity index (χ0n) is 13.8. The van der Waals surface area contributed by atoms with Gasteiger partial charge in [0.25, 0.3) is 5.69 Å². The van der Waals surface area contributed by atoms with E-state index >= 15 is 0 Å². The van der Waals surface area contributed by atoms with E-state index in [-0.39, 0.29) is 5.69 Å². The van der Waals surface area contributed by atoms with E-state index in [1.54, 1.807) is 12.1 Å². The summed E-state index contributed by atoms with van der Waals surface area (Å²) in [6.07, 6.45) is 1.97. The standard InChI is InChI=1S/C18H14ClN5O2/c1-22-16(11-23-10-9-12-3-2-4-15(19)17(12)23)20-21-18(22)13-5-7-14(8-6-13)24(25)26/h2-10H,11H2,1H3. The van der Waals surface area contributed by atoms with Gasteiger partial charge in [-0.05, 0) is 24.3 Å². The highest BCUT2D eigenvalue weighted by Gasteiger charge is 2.14. The molecule has 0 aliphatic rings. The fraction of sp³-hybridized carbons (Fsp3) is 0.111. The monoisotopic (exact) mass is 367 g/mol. The van der Waals surface area contributed by atoms with Crippen LogP contribution < -0.4 is 0 Å². The quantitative estimate of drug-likeness (QED) is 0.402. The van der Waals surface area contributed by atoms with E-state index in [1.807, 2.05) is 46.6 Å². The van der Waals surface area contributed by atoms with Crippen LogP contribution in [0, 0.1) is 10.1 Å². The first-order chi connectivity index (χ1) is 12.5. The number of hydrogen-bond acceptors (Lipinski definition) is 4. The van der Waals surface area contributed by atoms with Crippen molar-refractivity contribution in [3.63, 3.8) is 0 Å². The summed E-state index contributed by atoms with van der Waals surface area (Å²) in [4.78, 5) is 10.4. The first-order valence-corrected chi connectivity index (χ1v) is 8.29. The van der Waals surface area contributed by atoms with Crippen molar-refractivity contribution < 1.29 is 4.92 Å². The van der Waals surface area contributed by atoms with E-state index in [1.165, 1.54) is 12.1 Å². The van der Waals surface area contributed by atoms with Crippen molar-refractivity contribution in [2.24, 2.45) is 7.05 Å². The molecule has 0 fully saturated rings. The highest BCUT2D eigenvalue weighted by molar-refractivity contribution is 6.35. The lowest BCUT2D eigenvalue weighted by molar-refractivity contribution is -0.384. The van der Waals surface area contributed by atoms with Gasteiger partial charge in [-0.15, -0.1) is 10.2 Å². The maximum atomic E-state index is 10.8. The summed E-state index contributed by atoms with van der Waals surface area (Å²) >= 11 is 6.33. The molecule has 0 spiro atoms. The molecule has 2 aromatic heterocycles. The number of benzene rings is 2. The van der Waals surface area contributed by atoms with Crippen LogP contribution in [-0.2, 0) is 13.6 Å². The summed E-state index contributed by atoms with van der Waals surface area (Å²) < 4.78 is 3.91. The molecule has 0 radical (unpaired) electrons. The second-order valence-corrected chi connectivity index (χ2v) is 6.33. The molecule has 0 saturated heterocycles. The fourth-order valence-corrected chi connectivity index (χ4v) is 3.27. The average molecular weight is 368 g/mol. The number of nitrogens with zero attached hydrogens (tertiary/aromatic N) is 5. The summed E-state index contributed by atoms with van der Waals surface area (Å²) in [5.74, 6) is 1.41. The van der Waals surface area contributed by atoms with Gasteiger partial charge in [0.1, 0.15) is 0 Å². The lowest BCUT2D eigenvalue weighted by atomic mass is 10.2. The summed E-state index contributed by atoms with van der Waals surface area (Å²) in [6, 6.07) is 14.1. The van der Waals surface area contributed by atoms with Crippen LogP contribution in [0.15, 0.2) is 54.7 Å². The van der Waals surface area contributed by atoms with E-state index in [4.69, 9.17) is 11.6 Å². The van der Waals surface area contributed by atoms with Crippen LogP contribution in [0.4, 0.5) is 5.69 Å². The minimum Gasteiger partial charge on any atom is -0.339 e. The molecule has 4 aromatic rings. The number of nitro benzene ring substituents is 1. The fourth-order valence-electron chi connectivity index (χ4n) is 2.98. The van der Waals surface area contributed by atoms with Crippen molar-refractivity contribution in [3.8, 4) is 11.4 Å². The third kappa shape index (κ3) is 2.72. The molecule has 0 unspecified atom stereocenters. The van der Waals surface area contributed by atoms with Gasteiger partial charge in [-0.1, -0.05) is 23.7 Å². The molecule has 0 saturated carbocycles. The maximum absolute atomic E-state index is 10.8. The van der Waals surface area contributed by atoms with Crippen molar-refractivity contribution >= 4 is 28.2 Å². The zero-order valence-corrected chi connectivity index (χ0v) is 14.6. The van der Waals surface area contributed by atoms with Gasteiger partial charge >= 0.3 is 0 Å². The summed E-state index contributed by atoms with van der Waals surface area (Å²) in [6.45, 7) is 0.518. The van der Waals surface area contributed by atoms with Crippen LogP contribution in [0.25, 0.3) is 22.3 Å². The number of halogens is 1. The van der Waals surface area contributed by atoms with Gasteiger partial charge in [0.05, 0.1) is 22.0 Å². The minimum absolute atomic E-state index is 0.0459. The van der Waals surface area contributed by atoms with Crippen molar-refractivity contribution in [3.05, 3.63) is 75.7 Å². The molecule has 2 aromatic carbocycles. The van der Waals surface area contributed by atoms with Gasteiger partial charge in [-0.3, -0.25) is 10.1 Å².